The molecule has 0 spiro atoms. The number of carbonyl (C=O) groups is 1. The molecule has 124 valence electrons. The maximum Gasteiger partial charge on any atom is 0.404 e. The molecular weight excluding hydrogens is 306 g/mol. The molecule has 0 aliphatic carbocycles. The molecule has 0 aromatic heterocycles. The van der Waals surface area contributed by atoms with E-state index in [4.69, 9.17) is 0 Å². The number of likely N-dealkylation sites (tertiary alicyclic amines) is 1. The smallest absolute Gasteiger partial charge is 0.383 e. The van der Waals surface area contributed by atoms with E-state index in [2.05, 4.69) is 10.1 Å². The van der Waals surface area contributed by atoms with Crippen LogP contribution in [-0.2, 0) is 9.53 Å². The summed E-state index contributed by atoms with van der Waals surface area (Å²) in [7, 11) is 1.42. The van der Waals surface area contributed by atoms with Gasteiger partial charge in [-0.1, -0.05) is 0 Å². The first kappa shape index (κ1) is 18.0. The summed E-state index contributed by atoms with van der Waals surface area (Å²) >= 11 is 0. The van der Waals surface area contributed by atoms with Crippen LogP contribution in [0.4, 0.5) is 26.3 Å². The Morgan fingerprint density at radius 1 is 1.24 bits per heavy atom. The van der Waals surface area contributed by atoms with Gasteiger partial charge in [-0.15, -0.1) is 0 Å². The molecule has 1 amide bonds. The Morgan fingerprint density at radius 3 is 2.24 bits per heavy atom. The van der Waals surface area contributed by atoms with Gasteiger partial charge in [0.1, 0.15) is 0 Å². The molecule has 10 heteroatoms. The molecule has 0 saturated carbocycles. The molecule has 0 aromatic carbocycles. The highest BCUT2D eigenvalue weighted by molar-refractivity contribution is 5.78. The molecule has 0 aromatic rings. The van der Waals surface area contributed by atoms with Crippen LogP contribution in [0.3, 0.4) is 0 Å². The fraction of sp³-hybridized carbons (Fsp3) is 0.909. The average molecular weight is 322 g/mol. The van der Waals surface area contributed by atoms with Crippen LogP contribution in [0.15, 0.2) is 0 Å². The fourth-order valence-electron chi connectivity index (χ4n) is 2.13. The minimum absolute atomic E-state index is 0.278. The van der Waals surface area contributed by atoms with E-state index >= 15 is 0 Å². The van der Waals surface area contributed by atoms with E-state index < -0.39 is 43.2 Å². The second kappa shape index (κ2) is 6.39. The van der Waals surface area contributed by atoms with Gasteiger partial charge in [-0.3, -0.25) is 4.79 Å². The van der Waals surface area contributed by atoms with E-state index in [-0.39, 0.29) is 19.7 Å². The summed E-state index contributed by atoms with van der Waals surface area (Å²) in [6, 6.07) is 0. The lowest BCUT2D eigenvalue weighted by atomic mass is 9.85. The topological polar surface area (TPSA) is 41.6 Å². The van der Waals surface area contributed by atoms with Gasteiger partial charge in [0.05, 0.1) is 13.2 Å². The summed E-state index contributed by atoms with van der Waals surface area (Å²) in [6.45, 7) is -1.72. The van der Waals surface area contributed by atoms with Crippen molar-refractivity contribution in [1.82, 2.24) is 10.2 Å². The van der Waals surface area contributed by atoms with Crippen molar-refractivity contribution < 1.29 is 35.9 Å². The lowest BCUT2D eigenvalue weighted by Gasteiger charge is -2.33. The molecular formula is C11H16F6N2O2. The number of hydrogen-bond acceptors (Lipinski definition) is 3. The van der Waals surface area contributed by atoms with Crippen molar-refractivity contribution in [1.29, 1.82) is 0 Å². The Labute approximate surface area is 117 Å². The zero-order chi connectivity index (χ0) is 16.3. The number of ether oxygens (including phenoxy) is 1. The number of carbonyl (C=O) groups excluding carboxylic acids is 1. The van der Waals surface area contributed by atoms with Crippen LogP contribution >= 0.6 is 0 Å². The van der Waals surface area contributed by atoms with Gasteiger partial charge in [0, 0.05) is 26.7 Å². The molecule has 1 aliphatic heterocycles. The van der Waals surface area contributed by atoms with Gasteiger partial charge >= 0.3 is 12.4 Å². The summed E-state index contributed by atoms with van der Waals surface area (Å²) in [4.78, 5) is 12.2. The maximum atomic E-state index is 12.8. The van der Waals surface area contributed by atoms with Crippen molar-refractivity contribution in [3.63, 3.8) is 0 Å². The molecule has 1 fully saturated rings. The molecule has 21 heavy (non-hydrogen) atoms. The molecule has 0 bridgehead atoms. The Kier molecular flexibility index (Phi) is 5.48. The normalized spacial score (nSPS) is 19.1. The molecule has 1 aliphatic rings. The van der Waals surface area contributed by atoms with Crippen molar-refractivity contribution in [3.8, 4) is 0 Å². The molecule has 0 unspecified atom stereocenters. The Hall–Kier alpha value is -1.03. The molecule has 4 nitrogen and oxygen atoms in total. The lowest BCUT2D eigenvalue weighted by molar-refractivity contribution is -0.334. The van der Waals surface area contributed by atoms with Crippen molar-refractivity contribution in [3.05, 3.63) is 0 Å². The van der Waals surface area contributed by atoms with Crippen LogP contribution in [-0.4, -0.2) is 63.1 Å². The maximum absolute atomic E-state index is 12.8. The third-order valence-corrected chi connectivity index (χ3v) is 3.47. The van der Waals surface area contributed by atoms with Crippen molar-refractivity contribution in [2.75, 3.05) is 39.9 Å². The molecule has 1 N–H and O–H groups in total. The van der Waals surface area contributed by atoms with Crippen LogP contribution in [0.2, 0.25) is 0 Å². The van der Waals surface area contributed by atoms with Crippen LogP contribution in [0.25, 0.3) is 0 Å². The van der Waals surface area contributed by atoms with Gasteiger partial charge in [0.25, 0.3) is 0 Å². The first-order valence-electron chi connectivity index (χ1n) is 6.16. The predicted octanol–water partition coefficient (Wildman–Crippen LogP) is 1.57. The number of alkyl halides is 6. The van der Waals surface area contributed by atoms with Gasteiger partial charge in [-0.05, 0) is 6.42 Å². The monoisotopic (exact) mass is 322 g/mol. The fourth-order valence-corrected chi connectivity index (χ4v) is 2.13. The minimum Gasteiger partial charge on any atom is -0.383 e. The van der Waals surface area contributed by atoms with E-state index in [9.17, 15) is 31.1 Å². The highest BCUT2D eigenvalue weighted by atomic mass is 19.4. The van der Waals surface area contributed by atoms with Crippen LogP contribution in [0.5, 0.6) is 0 Å². The van der Waals surface area contributed by atoms with Crippen LogP contribution in [0.1, 0.15) is 6.42 Å². The Morgan fingerprint density at radius 2 is 1.81 bits per heavy atom. The van der Waals surface area contributed by atoms with Crippen molar-refractivity contribution >= 4 is 5.91 Å². The number of amides is 1. The first-order chi connectivity index (χ1) is 9.55. The molecule has 1 heterocycles. The highest BCUT2D eigenvalue weighted by Gasteiger charge is 2.72. The van der Waals surface area contributed by atoms with Gasteiger partial charge in [-0.25, -0.2) is 0 Å². The second-order valence-electron chi connectivity index (χ2n) is 4.81. The summed E-state index contributed by atoms with van der Waals surface area (Å²) in [5.74, 6) is -0.790. The second-order valence-corrected chi connectivity index (χ2v) is 4.81. The first-order valence-corrected chi connectivity index (χ1v) is 6.16. The number of rotatable bonds is 5. The average Bonchev–Trinajstić information content (AvgIpc) is 2.79. The summed E-state index contributed by atoms with van der Waals surface area (Å²) in [6.07, 6.45) is -12.0. The number of halogens is 6. The SMILES string of the molecule is COCCNCC(=O)N1CCC(C(F)(F)F)(C(F)(F)F)C1. The van der Waals surface area contributed by atoms with Crippen molar-refractivity contribution in [2.45, 2.75) is 18.8 Å². The zero-order valence-corrected chi connectivity index (χ0v) is 11.3. The predicted molar refractivity (Wildman–Crippen MR) is 60.5 cm³/mol. The third-order valence-electron chi connectivity index (χ3n) is 3.47. The van der Waals surface area contributed by atoms with Gasteiger partial charge < -0.3 is 15.0 Å². The quantitative estimate of drug-likeness (QED) is 0.617. The Balaban J connectivity index is 2.70. The van der Waals surface area contributed by atoms with Gasteiger partial charge in [0.2, 0.25) is 5.91 Å². The Bertz CT molecular complexity index is 355. The largest absolute Gasteiger partial charge is 0.404 e. The number of nitrogens with zero attached hydrogens (tertiary/aromatic N) is 1. The zero-order valence-electron chi connectivity index (χ0n) is 11.3. The molecule has 1 rings (SSSR count). The summed E-state index contributed by atoms with van der Waals surface area (Å²) in [5.41, 5.74) is -3.83. The van der Waals surface area contributed by atoms with E-state index in [0.717, 1.165) is 0 Å². The van der Waals surface area contributed by atoms with Crippen LogP contribution < -0.4 is 5.32 Å². The van der Waals surface area contributed by atoms with E-state index in [0.29, 0.717) is 4.90 Å². The number of methoxy groups -OCH3 is 1. The number of nitrogens with one attached hydrogen (secondary N) is 1. The lowest BCUT2D eigenvalue weighted by Crippen LogP contribution is -2.52. The van der Waals surface area contributed by atoms with E-state index in [1.807, 2.05) is 0 Å². The summed E-state index contributed by atoms with van der Waals surface area (Å²) in [5, 5.41) is 2.59. The number of hydrogen-bond donors (Lipinski definition) is 1. The summed E-state index contributed by atoms with van der Waals surface area (Å²) < 4.78 is 81.6. The van der Waals surface area contributed by atoms with Gasteiger partial charge in [-0.2, -0.15) is 26.3 Å². The minimum atomic E-state index is -5.44. The third kappa shape index (κ3) is 3.79. The van der Waals surface area contributed by atoms with E-state index in [1.165, 1.54) is 7.11 Å². The molecule has 1 saturated heterocycles. The van der Waals surface area contributed by atoms with E-state index in [1.54, 1.807) is 0 Å². The molecule has 0 radical (unpaired) electrons. The standard InChI is InChI=1S/C11H16F6N2O2/c1-21-5-3-18-6-8(20)19-4-2-9(7-19,10(12,13)14)11(15,16)17/h18H,2-7H2,1H3. The molecule has 0 atom stereocenters. The highest BCUT2D eigenvalue weighted by Crippen LogP contribution is 2.55. The van der Waals surface area contributed by atoms with Crippen molar-refractivity contribution in [2.24, 2.45) is 5.41 Å². The van der Waals surface area contributed by atoms with Gasteiger partial charge in [0.15, 0.2) is 5.41 Å². The van der Waals surface area contributed by atoms with Crippen LogP contribution in [0, 0.1) is 5.41 Å².